The van der Waals surface area contributed by atoms with Gasteiger partial charge in [0.25, 0.3) is 17.6 Å². The minimum Gasteiger partial charge on any atom is -0.393 e. The summed E-state index contributed by atoms with van der Waals surface area (Å²) in [6.45, 7) is 6.92. The summed E-state index contributed by atoms with van der Waals surface area (Å²) in [4.78, 5) is 39.1. The van der Waals surface area contributed by atoms with Crippen LogP contribution in [0.5, 0.6) is 0 Å². The molecule has 7 nitrogen and oxygen atoms in total. The summed E-state index contributed by atoms with van der Waals surface area (Å²) in [7, 11) is 1.65. The highest BCUT2D eigenvalue weighted by Gasteiger charge is 2.37. The van der Waals surface area contributed by atoms with Crippen molar-refractivity contribution >= 4 is 23.3 Å². The van der Waals surface area contributed by atoms with Crippen molar-refractivity contribution in [2.24, 2.45) is 7.05 Å². The van der Waals surface area contributed by atoms with Gasteiger partial charge in [0.2, 0.25) is 0 Å². The number of nitrogens with one attached hydrogen (secondary N) is 2. The Balaban J connectivity index is 1.84. The highest BCUT2D eigenvalue weighted by molar-refractivity contribution is 6.43. The van der Waals surface area contributed by atoms with Gasteiger partial charge in [-0.1, -0.05) is 6.92 Å². The standard InChI is InChI=1S/C25H32FN3O4/c1-6-25(11-9-18(30)10-12-25)28-24(33)22(31)21-15(3)20(16(4)29(21)5)23(32)27-17-7-8-19(26)14(2)13-17/h7-8,13,18,30H,6,9-12H2,1-5H3,(H,27,32)(H,28,33). The predicted molar refractivity (Wildman–Crippen MR) is 124 cm³/mol. The van der Waals surface area contributed by atoms with Gasteiger partial charge in [-0.2, -0.15) is 0 Å². The van der Waals surface area contributed by atoms with Gasteiger partial charge in [0, 0.05) is 24.0 Å². The first-order valence-electron chi connectivity index (χ1n) is 11.3. The van der Waals surface area contributed by atoms with E-state index >= 15 is 0 Å². The van der Waals surface area contributed by atoms with E-state index in [2.05, 4.69) is 10.6 Å². The first-order valence-corrected chi connectivity index (χ1v) is 11.3. The molecule has 1 aromatic heterocycles. The molecule has 3 N–H and O–H groups in total. The number of aryl methyl sites for hydroxylation is 1. The number of benzene rings is 1. The Bertz CT molecular complexity index is 1100. The number of carbonyl (C=O) groups is 3. The minimum atomic E-state index is -0.710. The van der Waals surface area contributed by atoms with E-state index in [1.165, 1.54) is 18.2 Å². The summed E-state index contributed by atoms with van der Waals surface area (Å²) >= 11 is 0. The fraction of sp³-hybridized carbons (Fsp3) is 0.480. The molecular weight excluding hydrogens is 425 g/mol. The number of hydrogen-bond donors (Lipinski definition) is 3. The number of amides is 2. The van der Waals surface area contributed by atoms with E-state index in [1.807, 2.05) is 6.92 Å². The molecule has 1 fully saturated rings. The largest absolute Gasteiger partial charge is 0.393 e. The van der Waals surface area contributed by atoms with Crippen molar-refractivity contribution in [1.82, 2.24) is 9.88 Å². The zero-order valence-electron chi connectivity index (χ0n) is 19.8. The van der Waals surface area contributed by atoms with Crippen LogP contribution < -0.4 is 10.6 Å². The van der Waals surface area contributed by atoms with Crippen LogP contribution in [-0.4, -0.2) is 38.9 Å². The smallest absolute Gasteiger partial charge is 0.294 e. The topological polar surface area (TPSA) is 100 Å². The lowest BCUT2D eigenvalue weighted by molar-refractivity contribution is -0.119. The second-order valence-electron chi connectivity index (χ2n) is 9.06. The predicted octanol–water partition coefficient (Wildman–Crippen LogP) is 3.72. The molecule has 0 unspecified atom stereocenters. The number of aromatic nitrogens is 1. The first-order chi connectivity index (χ1) is 15.5. The fourth-order valence-corrected chi connectivity index (χ4v) is 4.68. The Morgan fingerprint density at radius 3 is 2.39 bits per heavy atom. The number of anilines is 1. The Kier molecular flexibility index (Phi) is 7.07. The van der Waals surface area contributed by atoms with Crippen molar-refractivity contribution in [2.45, 2.75) is 71.4 Å². The maximum Gasteiger partial charge on any atom is 0.294 e. The Morgan fingerprint density at radius 1 is 1.18 bits per heavy atom. The molecule has 8 heteroatoms. The molecule has 3 rings (SSSR count). The van der Waals surface area contributed by atoms with E-state index in [9.17, 15) is 23.9 Å². The van der Waals surface area contributed by atoms with Crippen LogP contribution >= 0.6 is 0 Å². The number of Topliss-reactive ketones (excluding diaryl/α,β-unsaturated/α-hetero) is 1. The number of hydrogen-bond acceptors (Lipinski definition) is 4. The molecule has 2 amide bonds. The van der Waals surface area contributed by atoms with Gasteiger partial charge < -0.3 is 20.3 Å². The molecular formula is C25H32FN3O4. The maximum absolute atomic E-state index is 13.5. The van der Waals surface area contributed by atoms with Crippen molar-refractivity contribution in [3.05, 3.63) is 52.1 Å². The Labute approximate surface area is 193 Å². The van der Waals surface area contributed by atoms with Gasteiger partial charge in [-0.25, -0.2) is 4.39 Å². The summed E-state index contributed by atoms with van der Waals surface area (Å²) in [5, 5.41) is 15.5. The van der Waals surface area contributed by atoms with Crippen LogP contribution in [0, 0.1) is 26.6 Å². The van der Waals surface area contributed by atoms with Crippen LogP contribution in [0.3, 0.4) is 0 Å². The molecule has 0 radical (unpaired) electrons. The van der Waals surface area contributed by atoms with E-state index in [-0.39, 0.29) is 17.6 Å². The molecule has 2 aromatic rings. The molecule has 178 valence electrons. The van der Waals surface area contributed by atoms with Crippen molar-refractivity contribution in [3.8, 4) is 0 Å². The summed E-state index contributed by atoms with van der Waals surface area (Å²) in [5.74, 6) is -2.21. The molecule has 0 bridgehead atoms. The second kappa shape index (κ2) is 9.47. The SMILES string of the molecule is CCC1(NC(=O)C(=O)c2c(C)c(C(=O)Nc3ccc(F)c(C)c3)c(C)n2C)CCC(O)CC1. The quantitative estimate of drug-likeness (QED) is 0.455. The third kappa shape index (κ3) is 4.85. The summed E-state index contributed by atoms with van der Waals surface area (Å²) in [6, 6.07) is 4.28. The van der Waals surface area contributed by atoms with Crippen LogP contribution in [0.1, 0.15) is 76.7 Å². The second-order valence-corrected chi connectivity index (χ2v) is 9.06. The third-order valence-electron chi connectivity index (χ3n) is 6.96. The van der Waals surface area contributed by atoms with E-state index in [1.54, 1.807) is 32.4 Å². The van der Waals surface area contributed by atoms with Gasteiger partial charge in [-0.3, -0.25) is 14.4 Å². The average molecular weight is 458 g/mol. The maximum atomic E-state index is 13.5. The summed E-state index contributed by atoms with van der Waals surface area (Å²) in [5.41, 5.74) is 1.76. The number of aliphatic hydroxyl groups excluding tert-OH is 1. The van der Waals surface area contributed by atoms with E-state index in [4.69, 9.17) is 0 Å². The molecule has 1 heterocycles. The fourth-order valence-electron chi connectivity index (χ4n) is 4.68. The molecule has 33 heavy (non-hydrogen) atoms. The number of nitrogens with zero attached hydrogens (tertiary/aromatic N) is 1. The molecule has 0 aliphatic heterocycles. The van der Waals surface area contributed by atoms with Gasteiger partial charge in [0.05, 0.1) is 17.4 Å². The van der Waals surface area contributed by atoms with Gasteiger partial charge in [0.15, 0.2) is 0 Å². The zero-order chi connectivity index (χ0) is 24.5. The van der Waals surface area contributed by atoms with Gasteiger partial charge in [-0.15, -0.1) is 0 Å². The van der Waals surface area contributed by atoms with Crippen molar-refractivity contribution < 1.29 is 23.9 Å². The van der Waals surface area contributed by atoms with Crippen LogP contribution in [0.15, 0.2) is 18.2 Å². The van der Waals surface area contributed by atoms with E-state index < -0.39 is 23.1 Å². The normalized spacial score (nSPS) is 20.4. The van der Waals surface area contributed by atoms with Crippen molar-refractivity contribution in [1.29, 1.82) is 0 Å². The lowest BCUT2D eigenvalue weighted by Gasteiger charge is -2.38. The summed E-state index contributed by atoms with van der Waals surface area (Å²) < 4.78 is 15.1. The van der Waals surface area contributed by atoms with Gasteiger partial charge in [0.1, 0.15) is 5.82 Å². The van der Waals surface area contributed by atoms with Crippen LogP contribution in [0.2, 0.25) is 0 Å². The Morgan fingerprint density at radius 2 is 1.82 bits per heavy atom. The summed E-state index contributed by atoms with van der Waals surface area (Å²) in [6.07, 6.45) is 2.67. The third-order valence-corrected chi connectivity index (χ3v) is 6.96. The monoisotopic (exact) mass is 457 g/mol. The molecule has 1 aromatic carbocycles. The molecule has 1 aliphatic rings. The van der Waals surface area contributed by atoms with E-state index in [0.29, 0.717) is 60.2 Å². The van der Waals surface area contributed by atoms with Crippen LogP contribution in [-0.2, 0) is 11.8 Å². The van der Waals surface area contributed by atoms with E-state index in [0.717, 1.165) is 0 Å². The highest BCUT2D eigenvalue weighted by atomic mass is 19.1. The van der Waals surface area contributed by atoms with Crippen molar-refractivity contribution in [2.75, 3.05) is 5.32 Å². The minimum absolute atomic E-state index is 0.160. The molecule has 0 atom stereocenters. The lowest BCUT2D eigenvalue weighted by Crippen LogP contribution is -2.53. The lowest BCUT2D eigenvalue weighted by atomic mass is 9.78. The molecule has 1 aliphatic carbocycles. The number of carbonyl (C=O) groups excluding carboxylic acids is 3. The number of halogens is 1. The number of aliphatic hydroxyl groups is 1. The molecule has 1 saturated carbocycles. The molecule has 0 spiro atoms. The number of ketones is 1. The van der Waals surface area contributed by atoms with Crippen molar-refractivity contribution in [3.63, 3.8) is 0 Å². The van der Waals surface area contributed by atoms with Gasteiger partial charge >= 0.3 is 0 Å². The highest BCUT2D eigenvalue weighted by Crippen LogP contribution is 2.31. The zero-order valence-corrected chi connectivity index (χ0v) is 19.8. The molecule has 0 saturated heterocycles. The Hall–Kier alpha value is -3.00. The van der Waals surface area contributed by atoms with Gasteiger partial charge in [-0.05, 0) is 82.2 Å². The van der Waals surface area contributed by atoms with Crippen LogP contribution in [0.4, 0.5) is 10.1 Å². The first kappa shape index (κ1) is 24.6. The number of rotatable bonds is 6. The average Bonchev–Trinajstić information content (AvgIpc) is 3.00. The van der Waals surface area contributed by atoms with Crippen LogP contribution in [0.25, 0.3) is 0 Å².